The summed E-state index contributed by atoms with van der Waals surface area (Å²) in [5, 5.41) is 0. The molecular weight excluding hydrogens is 242 g/mol. The fourth-order valence-electron chi connectivity index (χ4n) is 2.56. The zero-order valence-electron chi connectivity index (χ0n) is 12.6. The van der Waals surface area contributed by atoms with Crippen molar-refractivity contribution in [3.8, 4) is 0 Å². The van der Waals surface area contributed by atoms with E-state index in [0.717, 1.165) is 12.1 Å². The van der Waals surface area contributed by atoms with Crippen molar-refractivity contribution >= 4 is 5.57 Å². The number of unbranched alkanes of at least 4 members (excludes halogenated alkanes) is 5. The van der Waals surface area contributed by atoms with Gasteiger partial charge in [-0.15, -0.1) is 0 Å². The number of rotatable bonds is 8. The number of nitrogens with zero attached hydrogens (tertiary/aromatic N) is 1. The number of hydrogen-bond donors (Lipinski definition) is 0. The largest absolute Gasteiger partial charge is 0.256 e. The summed E-state index contributed by atoms with van der Waals surface area (Å²) in [6.07, 6.45) is 21.0. The molecule has 0 unspecified atom stereocenters. The van der Waals surface area contributed by atoms with Gasteiger partial charge < -0.3 is 0 Å². The van der Waals surface area contributed by atoms with E-state index in [1.165, 1.54) is 56.1 Å². The third-order valence-corrected chi connectivity index (χ3v) is 3.83. The van der Waals surface area contributed by atoms with Gasteiger partial charge in [0, 0.05) is 6.20 Å². The van der Waals surface area contributed by atoms with E-state index >= 15 is 0 Å². The quantitative estimate of drug-likeness (QED) is 0.565. The maximum absolute atomic E-state index is 4.60. The highest BCUT2D eigenvalue weighted by Crippen LogP contribution is 2.19. The number of aryl methyl sites for hydroxylation is 1. The minimum absolute atomic E-state index is 1.02. The van der Waals surface area contributed by atoms with Crippen LogP contribution in [0.3, 0.4) is 0 Å². The number of aromatic nitrogens is 1. The molecule has 2 rings (SSSR count). The molecule has 0 aliphatic heterocycles. The van der Waals surface area contributed by atoms with Crippen molar-refractivity contribution in [3.63, 3.8) is 0 Å². The van der Waals surface area contributed by atoms with E-state index in [9.17, 15) is 0 Å². The molecule has 0 atom stereocenters. The lowest BCUT2D eigenvalue weighted by atomic mass is 10.0. The van der Waals surface area contributed by atoms with Gasteiger partial charge in [0.25, 0.3) is 0 Å². The van der Waals surface area contributed by atoms with Gasteiger partial charge in [-0.25, -0.2) is 0 Å². The third kappa shape index (κ3) is 4.96. The van der Waals surface area contributed by atoms with Crippen LogP contribution in [0.15, 0.2) is 36.6 Å². The Morgan fingerprint density at radius 1 is 1.05 bits per heavy atom. The highest BCUT2D eigenvalue weighted by Gasteiger charge is 2.03. The Labute approximate surface area is 123 Å². The van der Waals surface area contributed by atoms with Crippen molar-refractivity contribution in [2.45, 2.75) is 58.3 Å². The predicted octanol–water partition coefficient (Wildman–Crippen LogP) is 5.53. The predicted molar refractivity (Wildman–Crippen MR) is 87.4 cm³/mol. The maximum Gasteiger partial charge on any atom is 0.0698 e. The van der Waals surface area contributed by atoms with Crippen LogP contribution in [-0.4, -0.2) is 4.98 Å². The van der Waals surface area contributed by atoms with Crippen molar-refractivity contribution in [3.05, 3.63) is 54.2 Å². The second-order valence-corrected chi connectivity index (χ2v) is 5.56. The Morgan fingerprint density at radius 3 is 2.60 bits per heavy atom. The molecular formula is C19H26N. The minimum Gasteiger partial charge on any atom is -0.256 e. The molecule has 1 aromatic rings. The molecule has 0 saturated carbocycles. The Kier molecular flexibility index (Phi) is 6.56. The maximum atomic E-state index is 4.60. The van der Waals surface area contributed by atoms with Crippen LogP contribution in [0.4, 0.5) is 0 Å². The second kappa shape index (κ2) is 8.73. The van der Waals surface area contributed by atoms with E-state index in [1.807, 2.05) is 6.20 Å². The monoisotopic (exact) mass is 268 g/mol. The van der Waals surface area contributed by atoms with E-state index in [4.69, 9.17) is 0 Å². The topological polar surface area (TPSA) is 12.9 Å². The molecule has 0 N–H and O–H groups in total. The van der Waals surface area contributed by atoms with Crippen LogP contribution in [0.2, 0.25) is 0 Å². The first-order valence-electron chi connectivity index (χ1n) is 8.05. The fourth-order valence-corrected chi connectivity index (χ4v) is 2.56. The molecule has 0 fully saturated rings. The molecule has 1 aromatic heterocycles. The Balaban J connectivity index is 1.74. The van der Waals surface area contributed by atoms with Crippen LogP contribution >= 0.6 is 0 Å². The molecule has 1 aliphatic rings. The molecule has 0 amide bonds. The van der Waals surface area contributed by atoms with Crippen LogP contribution in [0.5, 0.6) is 0 Å². The van der Waals surface area contributed by atoms with Crippen molar-refractivity contribution in [2.24, 2.45) is 0 Å². The zero-order chi connectivity index (χ0) is 14.0. The van der Waals surface area contributed by atoms with E-state index < -0.39 is 0 Å². The molecule has 1 nitrogen and oxygen atoms in total. The molecule has 1 radical (unpaired) electrons. The van der Waals surface area contributed by atoms with Crippen molar-refractivity contribution in [2.75, 3.05) is 0 Å². The van der Waals surface area contributed by atoms with E-state index in [0.29, 0.717) is 0 Å². The normalized spacial score (nSPS) is 14.3. The minimum atomic E-state index is 1.02. The van der Waals surface area contributed by atoms with Crippen molar-refractivity contribution < 1.29 is 0 Å². The summed E-state index contributed by atoms with van der Waals surface area (Å²) in [6.45, 7) is 2.27. The Hall–Kier alpha value is -1.37. The van der Waals surface area contributed by atoms with Crippen LogP contribution in [0, 0.1) is 6.42 Å². The van der Waals surface area contributed by atoms with Crippen LogP contribution in [0.1, 0.15) is 63.1 Å². The van der Waals surface area contributed by atoms with E-state index in [1.54, 1.807) is 0 Å². The molecule has 0 bridgehead atoms. The smallest absolute Gasteiger partial charge is 0.0698 e. The summed E-state index contributed by atoms with van der Waals surface area (Å²) in [7, 11) is 0. The summed E-state index contributed by atoms with van der Waals surface area (Å²) in [5.74, 6) is 0. The molecule has 0 spiro atoms. The highest BCUT2D eigenvalue weighted by molar-refractivity contribution is 5.73. The molecule has 107 valence electrons. The Morgan fingerprint density at radius 2 is 1.90 bits per heavy atom. The van der Waals surface area contributed by atoms with Gasteiger partial charge in [-0.2, -0.15) is 0 Å². The summed E-state index contributed by atoms with van der Waals surface area (Å²) >= 11 is 0. The molecule has 0 aromatic carbocycles. The van der Waals surface area contributed by atoms with E-state index in [-0.39, 0.29) is 0 Å². The first-order valence-corrected chi connectivity index (χ1v) is 8.05. The van der Waals surface area contributed by atoms with Gasteiger partial charge in [0.15, 0.2) is 0 Å². The number of allylic oxidation sites excluding steroid dienone is 4. The first kappa shape index (κ1) is 15.0. The molecule has 0 saturated heterocycles. The van der Waals surface area contributed by atoms with Gasteiger partial charge in [-0.3, -0.25) is 4.98 Å². The summed E-state index contributed by atoms with van der Waals surface area (Å²) in [4.78, 5) is 4.60. The first-order chi connectivity index (χ1) is 9.90. The summed E-state index contributed by atoms with van der Waals surface area (Å²) < 4.78 is 0. The highest BCUT2D eigenvalue weighted by atomic mass is 14.7. The standard InChI is InChI=1S/C19H26N/c1-2-3-4-5-6-8-11-17-14-15-19(20-16-17)18-12-9-7-10-13-18/h7,9,12-16H,2-6,8,10-11H2,1H3. The molecule has 1 aliphatic carbocycles. The van der Waals surface area contributed by atoms with Crippen molar-refractivity contribution in [1.29, 1.82) is 0 Å². The SMILES string of the molecule is CCCCCCCCc1ccc(C2=CC[CH]C=C2)nc1. The van der Waals surface area contributed by atoms with Gasteiger partial charge in [-0.1, -0.05) is 63.3 Å². The van der Waals surface area contributed by atoms with Gasteiger partial charge in [-0.05, 0) is 42.9 Å². The lowest BCUT2D eigenvalue weighted by Crippen LogP contribution is -1.93. The summed E-state index contributed by atoms with van der Waals surface area (Å²) in [6, 6.07) is 4.40. The lowest BCUT2D eigenvalue weighted by molar-refractivity contribution is 0.607. The van der Waals surface area contributed by atoms with Crippen molar-refractivity contribution in [1.82, 2.24) is 4.98 Å². The van der Waals surface area contributed by atoms with Gasteiger partial charge in [0.05, 0.1) is 5.69 Å². The zero-order valence-corrected chi connectivity index (χ0v) is 12.6. The molecule has 20 heavy (non-hydrogen) atoms. The van der Waals surface area contributed by atoms with Gasteiger partial charge in [0.1, 0.15) is 0 Å². The Bertz CT molecular complexity index is 439. The van der Waals surface area contributed by atoms with Crippen LogP contribution in [0.25, 0.3) is 5.57 Å². The average molecular weight is 268 g/mol. The molecule has 1 heteroatoms. The van der Waals surface area contributed by atoms with Crippen LogP contribution < -0.4 is 0 Å². The third-order valence-electron chi connectivity index (χ3n) is 3.83. The number of pyridine rings is 1. The fraction of sp³-hybridized carbons (Fsp3) is 0.474. The second-order valence-electron chi connectivity index (χ2n) is 5.56. The molecule has 1 heterocycles. The van der Waals surface area contributed by atoms with Crippen LogP contribution in [-0.2, 0) is 6.42 Å². The van der Waals surface area contributed by atoms with E-state index in [2.05, 4.69) is 48.7 Å². The summed E-state index contributed by atoms with van der Waals surface area (Å²) in [5.41, 5.74) is 3.72. The average Bonchev–Trinajstić information content (AvgIpc) is 2.52. The van der Waals surface area contributed by atoms with Gasteiger partial charge >= 0.3 is 0 Å². The number of hydrogen-bond acceptors (Lipinski definition) is 1. The van der Waals surface area contributed by atoms with Gasteiger partial charge in [0.2, 0.25) is 0 Å². The lowest BCUT2D eigenvalue weighted by Gasteiger charge is -2.07.